The number of nitrogens with one attached hydrogen (secondary N) is 1. The van der Waals surface area contributed by atoms with Gasteiger partial charge in [0.2, 0.25) is 0 Å². The molecular formula is C19H18BrNO3. The highest BCUT2D eigenvalue weighted by Crippen LogP contribution is 2.23. The molecule has 2 atom stereocenters. The van der Waals surface area contributed by atoms with Crippen LogP contribution in [0.3, 0.4) is 0 Å². The fraction of sp³-hybridized carbons (Fsp3) is 0.263. The molecular weight excluding hydrogens is 370 g/mol. The monoisotopic (exact) mass is 387 g/mol. The Kier molecular flexibility index (Phi) is 5.00. The summed E-state index contributed by atoms with van der Waals surface area (Å²) >= 11 is 3.41. The topological polar surface area (TPSA) is 55.4 Å². The molecule has 1 amide bonds. The number of hydrogen-bond acceptors (Lipinski definition) is 3. The Morgan fingerprint density at radius 2 is 1.96 bits per heavy atom. The number of carbonyl (C=O) groups is 2. The highest BCUT2D eigenvalue weighted by molar-refractivity contribution is 9.10. The van der Waals surface area contributed by atoms with Crippen molar-refractivity contribution in [3.8, 4) is 0 Å². The zero-order chi connectivity index (χ0) is 17.1. The first-order chi connectivity index (χ1) is 11.6. The normalized spacial score (nSPS) is 17.6. The minimum atomic E-state index is -0.781. The Morgan fingerprint density at radius 1 is 1.25 bits per heavy atom. The smallest absolute Gasteiger partial charge is 0.339 e. The summed E-state index contributed by atoms with van der Waals surface area (Å²) in [4.78, 5) is 24.6. The van der Waals surface area contributed by atoms with Crippen molar-refractivity contribution in [3.05, 3.63) is 69.7 Å². The van der Waals surface area contributed by atoms with E-state index in [1.807, 2.05) is 43.3 Å². The van der Waals surface area contributed by atoms with Crippen molar-refractivity contribution in [1.29, 1.82) is 0 Å². The lowest BCUT2D eigenvalue weighted by molar-refractivity contribution is -0.131. The second kappa shape index (κ2) is 7.18. The van der Waals surface area contributed by atoms with Crippen LogP contribution in [0.15, 0.2) is 53.0 Å². The number of fused-ring (bicyclic) bond motifs is 1. The summed E-state index contributed by atoms with van der Waals surface area (Å²) in [5.74, 6) is -0.693. The van der Waals surface area contributed by atoms with E-state index in [1.165, 1.54) is 0 Å². The summed E-state index contributed by atoms with van der Waals surface area (Å²) < 4.78 is 6.31. The minimum absolute atomic E-state index is 0.110. The van der Waals surface area contributed by atoms with Crippen LogP contribution in [0.5, 0.6) is 0 Å². The molecule has 2 aromatic rings. The zero-order valence-corrected chi connectivity index (χ0v) is 14.9. The molecule has 1 N–H and O–H groups in total. The van der Waals surface area contributed by atoms with Crippen LogP contribution in [0, 0.1) is 0 Å². The summed E-state index contributed by atoms with van der Waals surface area (Å²) in [7, 11) is 0. The Labute approximate surface area is 149 Å². The maximum atomic E-state index is 12.6. The first-order valence-corrected chi connectivity index (χ1v) is 8.72. The lowest BCUT2D eigenvalue weighted by Gasteiger charge is -2.26. The molecule has 3 rings (SSSR count). The molecule has 0 saturated heterocycles. The van der Waals surface area contributed by atoms with Crippen molar-refractivity contribution in [2.24, 2.45) is 0 Å². The van der Waals surface area contributed by atoms with Crippen molar-refractivity contribution in [3.63, 3.8) is 0 Å². The van der Waals surface area contributed by atoms with Gasteiger partial charge in [-0.25, -0.2) is 4.79 Å². The number of benzene rings is 2. The molecule has 5 heteroatoms. The van der Waals surface area contributed by atoms with Crippen LogP contribution < -0.4 is 5.32 Å². The number of rotatable bonds is 4. The summed E-state index contributed by atoms with van der Waals surface area (Å²) in [5.41, 5.74) is 2.42. The van der Waals surface area contributed by atoms with Gasteiger partial charge in [0.05, 0.1) is 11.6 Å². The lowest BCUT2D eigenvalue weighted by Crippen LogP contribution is -2.43. The Morgan fingerprint density at radius 3 is 2.67 bits per heavy atom. The van der Waals surface area contributed by atoms with Crippen LogP contribution >= 0.6 is 15.9 Å². The largest absolute Gasteiger partial charge is 0.448 e. The van der Waals surface area contributed by atoms with Gasteiger partial charge < -0.3 is 10.1 Å². The predicted octanol–water partition coefficient (Wildman–Crippen LogP) is 3.80. The quantitative estimate of drug-likeness (QED) is 0.811. The van der Waals surface area contributed by atoms with Crippen molar-refractivity contribution in [1.82, 2.24) is 5.32 Å². The van der Waals surface area contributed by atoms with E-state index >= 15 is 0 Å². The maximum absolute atomic E-state index is 12.6. The molecule has 0 fully saturated rings. The van der Waals surface area contributed by atoms with Gasteiger partial charge in [0.25, 0.3) is 5.91 Å². The van der Waals surface area contributed by atoms with Crippen molar-refractivity contribution in [2.45, 2.75) is 31.9 Å². The zero-order valence-electron chi connectivity index (χ0n) is 13.3. The van der Waals surface area contributed by atoms with Crippen LogP contribution in [0.4, 0.5) is 0 Å². The van der Waals surface area contributed by atoms with Gasteiger partial charge in [-0.1, -0.05) is 53.2 Å². The second-order valence-electron chi connectivity index (χ2n) is 5.78. The highest BCUT2D eigenvalue weighted by Gasteiger charge is 2.31. The van der Waals surface area contributed by atoms with E-state index in [4.69, 9.17) is 4.74 Å². The van der Waals surface area contributed by atoms with Crippen LogP contribution in [0.1, 0.15) is 40.9 Å². The van der Waals surface area contributed by atoms with Crippen LogP contribution in [-0.4, -0.2) is 18.0 Å². The first-order valence-electron chi connectivity index (χ1n) is 7.93. The molecule has 0 spiro atoms. The average Bonchev–Trinajstić information content (AvgIpc) is 2.60. The van der Waals surface area contributed by atoms with Gasteiger partial charge in [-0.15, -0.1) is 0 Å². The Hall–Kier alpha value is -2.14. The first kappa shape index (κ1) is 16.7. The van der Waals surface area contributed by atoms with Gasteiger partial charge in [-0.2, -0.15) is 0 Å². The van der Waals surface area contributed by atoms with E-state index in [9.17, 15) is 9.59 Å². The predicted molar refractivity (Wildman–Crippen MR) is 94.7 cm³/mol. The van der Waals surface area contributed by atoms with Crippen molar-refractivity contribution < 1.29 is 14.3 Å². The average molecular weight is 388 g/mol. The minimum Gasteiger partial charge on any atom is -0.448 e. The number of ether oxygens (including phenoxy) is 1. The molecule has 0 aliphatic carbocycles. The molecule has 124 valence electrons. The number of carbonyl (C=O) groups excluding carboxylic acids is 2. The maximum Gasteiger partial charge on any atom is 0.339 e. The number of amides is 1. The van der Waals surface area contributed by atoms with Crippen LogP contribution in [-0.2, 0) is 16.0 Å². The van der Waals surface area contributed by atoms with Gasteiger partial charge in [-0.05, 0) is 35.7 Å². The molecule has 1 aliphatic heterocycles. The van der Waals surface area contributed by atoms with Gasteiger partial charge in [-0.3, -0.25) is 4.79 Å². The summed E-state index contributed by atoms with van der Waals surface area (Å²) in [6.07, 6.45) is 0.381. The SMILES string of the molecule is CCC(NC(=O)C1Cc2ccccc2C(=O)O1)c1ccc(Br)cc1. The van der Waals surface area contributed by atoms with Crippen molar-refractivity contribution in [2.75, 3.05) is 0 Å². The molecule has 24 heavy (non-hydrogen) atoms. The molecule has 2 aromatic carbocycles. The molecule has 0 radical (unpaired) electrons. The summed E-state index contributed by atoms with van der Waals surface area (Å²) in [6, 6.07) is 15.0. The van der Waals surface area contributed by atoms with Gasteiger partial charge in [0.1, 0.15) is 0 Å². The van der Waals surface area contributed by atoms with Crippen LogP contribution in [0.25, 0.3) is 0 Å². The van der Waals surface area contributed by atoms with E-state index in [-0.39, 0.29) is 11.9 Å². The number of esters is 1. The fourth-order valence-corrected chi connectivity index (χ4v) is 3.12. The van der Waals surface area contributed by atoms with E-state index in [2.05, 4.69) is 21.2 Å². The molecule has 0 bridgehead atoms. The Balaban J connectivity index is 1.73. The molecule has 1 aliphatic rings. The van der Waals surface area contributed by atoms with E-state index in [1.54, 1.807) is 12.1 Å². The van der Waals surface area contributed by atoms with Gasteiger partial charge in [0.15, 0.2) is 6.10 Å². The lowest BCUT2D eigenvalue weighted by atomic mass is 9.97. The van der Waals surface area contributed by atoms with Gasteiger partial charge in [0, 0.05) is 10.9 Å². The fourth-order valence-electron chi connectivity index (χ4n) is 2.86. The third-order valence-corrected chi connectivity index (χ3v) is 4.71. The number of cyclic esters (lactones) is 1. The van der Waals surface area contributed by atoms with E-state index in [0.717, 1.165) is 22.0 Å². The molecule has 0 aromatic heterocycles. The van der Waals surface area contributed by atoms with E-state index < -0.39 is 12.1 Å². The van der Waals surface area contributed by atoms with Crippen LogP contribution in [0.2, 0.25) is 0 Å². The van der Waals surface area contributed by atoms with Crippen molar-refractivity contribution >= 4 is 27.8 Å². The molecule has 0 saturated carbocycles. The summed E-state index contributed by atoms with van der Waals surface area (Å²) in [6.45, 7) is 2.01. The van der Waals surface area contributed by atoms with E-state index in [0.29, 0.717) is 12.0 Å². The molecule has 4 nitrogen and oxygen atoms in total. The molecule has 1 heterocycles. The standard InChI is InChI=1S/C19H18BrNO3/c1-2-16(12-7-9-14(20)10-8-12)21-18(22)17-11-13-5-3-4-6-15(13)19(23)24-17/h3-10,16-17H,2,11H2,1H3,(H,21,22). The number of hydrogen-bond donors (Lipinski definition) is 1. The highest BCUT2D eigenvalue weighted by atomic mass is 79.9. The second-order valence-corrected chi connectivity index (χ2v) is 6.69. The third kappa shape index (κ3) is 3.51. The summed E-state index contributed by atoms with van der Waals surface area (Å²) in [5, 5.41) is 2.99. The molecule has 2 unspecified atom stereocenters. The Bertz CT molecular complexity index is 757. The van der Waals surface area contributed by atoms with Gasteiger partial charge >= 0.3 is 5.97 Å². The number of halogens is 1. The third-order valence-electron chi connectivity index (χ3n) is 4.18.